The highest BCUT2D eigenvalue weighted by atomic mass is 16.5. The number of carbonyl (C=O) groups excluding carboxylic acids is 1. The van der Waals surface area contributed by atoms with Crippen LogP contribution in [0.4, 0.5) is 11.5 Å². The van der Waals surface area contributed by atoms with E-state index >= 15 is 0 Å². The second kappa shape index (κ2) is 7.47. The average Bonchev–Trinajstić information content (AvgIpc) is 2.92. The molecule has 6 nitrogen and oxygen atoms in total. The first kappa shape index (κ1) is 17.8. The molecule has 0 amide bonds. The number of rotatable bonds is 5. The Kier molecular flexibility index (Phi) is 5.11. The quantitative estimate of drug-likeness (QED) is 0.491. The fraction of sp³-hybridized carbons (Fsp3) is 0.300. The van der Waals surface area contributed by atoms with Gasteiger partial charge in [-0.25, -0.2) is 4.98 Å². The highest BCUT2D eigenvalue weighted by Gasteiger charge is 2.16. The number of hydrogen-bond acceptors (Lipinski definition) is 5. The van der Waals surface area contributed by atoms with Crippen molar-refractivity contribution in [2.45, 2.75) is 34.1 Å². The Labute approximate surface area is 152 Å². The molecule has 3 aromatic rings. The van der Waals surface area contributed by atoms with Gasteiger partial charge in [0.05, 0.1) is 24.4 Å². The van der Waals surface area contributed by atoms with Gasteiger partial charge < -0.3 is 4.74 Å². The predicted octanol–water partition coefficient (Wildman–Crippen LogP) is 4.78. The van der Waals surface area contributed by atoms with E-state index in [-0.39, 0.29) is 12.4 Å². The molecule has 26 heavy (non-hydrogen) atoms. The molecule has 1 aromatic carbocycles. The van der Waals surface area contributed by atoms with Gasteiger partial charge in [0.1, 0.15) is 5.65 Å². The second-order valence-corrected chi connectivity index (χ2v) is 6.27. The summed E-state index contributed by atoms with van der Waals surface area (Å²) in [4.78, 5) is 16.4. The summed E-state index contributed by atoms with van der Waals surface area (Å²) >= 11 is 0. The van der Waals surface area contributed by atoms with Crippen LogP contribution in [0.5, 0.6) is 0 Å². The van der Waals surface area contributed by atoms with Gasteiger partial charge in [-0.15, -0.1) is 10.2 Å². The Bertz CT molecular complexity index is 989. The Morgan fingerprint density at radius 3 is 2.65 bits per heavy atom. The van der Waals surface area contributed by atoms with E-state index in [1.54, 1.807) is 6.92 Å². The van der Waals surface area contributed by atoms with Gasteiger partial charge >= 0.3 is 5.97 Å². The van der Waals surface area contributed by atoms with E-state index in [2.05, 4.69) is 22.1 Å². The minimum Gasteiger partial charge on any atom is -0.466 e. The first-order chi connectivity index (χ1) is 12.5. The molecule has 0 aliphatic heterocycles. The summed E-state index contributed by atoms with van der Waals surface area (Å²) in [5.74, 6) is 0.227. The molecule has 0 aliphatic rings. The summed E-state index contributed by atoms with van der Waals surface area (Å²) in [6, 6.07) is 9.80. The predicted molar refractivity (Wildman–Crippen MR) is 100 cm³/mol. The number of aryl methyl sites for hydroxylation is 3. The molecule has 0 atom stereocenters. The summed E-state index contributed by atoms with van der Waals surface area (Å²) in [5, 5.41) is 8.76. The third-order valence-corrected chi connectivity index (χ3v) is 4.18. The Balaban J connectivity index is 2.03. The summed E-state index contributed by atoms with van der Waals surface area (Å²) in [5.41, 5.74) is 5.48. The van der Waals surface area contributed by atoms with Gasteiger partial charge in [0, 0.05) is 6.20 Å². The monoisotopic (exact) mass is 350 g/mol. The highest BCUT2D eigenvalue weighted by Crippen LogP contribution is 2.26. The number of hydrogen-bond donors (Lipinski definition) is 0. The third-order valence-electron chi connectivity index (χ3n) is 4.18. The van der Waals surface area contributed by atoms with Crippen LogP contribution in [0.3, 0.4) is 0 Å². The highest BCUT2D eigenvalue weighted by molar-refractivity contribution is 5.74. The van der Waals surface area contributed by atoms with Gasteiger partial charge in [-0.3, -0.25) is 9.20 Å². The smallest absolute Gasteiger partial charge is 0.312 e. The maximum Gasteiger partial charge on any atom is 0.312 e. The van der Waals surface area contributed by atoms with E-state index < -0.39 is 0 Å². The first-order valence-electron chi connectivity index (χ1n) is 8.60. The minimum atomic E-state index is -0.324. The van der Waals surface area contributed by atoms with E-state index in [9.17, 15) is 4.79 Å². The number of pyridine rings is 1. The maximum atomic E-state index is 11.9. The SMILES string of the molecule is CCOC(=O)Cc1nc2ccc(C)cn2c1N=Nc1ccc(C)c(C)c1. The van der Waals surface area contributed by atoms with E-state index in [0.717, 1.165) is 22.5 Å². The Hall–Kier alpha value is -3.02. The number of azo groups is 1. The Morgan fingerprint density at radius 2 is 1.92 bits per heavy atom. The number of nitrogens with zero attached hydrogens (tertiary/aromatic N) is 4. The van der Waals surface area contributed by atoms with Crippen molar-refractivity contribution in [2.24, 2.45) is 10.2 Å². The van der Waals surface area contributed by atoms with Gasteiger partial charge in [-0.2, -0.15) is 0 Å². The lowest BCUT2D eigenvalue weighted by atomic mass is 10.1. The number of esters is 1. The van der Waals surface area contributed by atoms with Crippen molar-refractivity contribution in [3.63, 3.8) is 0 Å². The largest absolute Gasteiger partial charge is 0.466 e. The lowest BCUT2D eigenvalue weighted by molar-refractivity contribution is -0.142. The van der Waals surface area contributed by atoms with E-state index in [0.29, 0.717) is 18.1 Å². The number of carbonyl (C=O) groups is 1. The lowest BCUT2D eigenvalue weighted by Gasteiger charge is -2.02. The number of ether oxygens (including phenoxy) is 1. The molecule has 0 N–H and O–H groups in total. The maximum absolute atomic E-state index is 11.9. The molecule has 0 unspecified atom stereocenters. The molecule has 0 saturated carbocycles. The summed E-state index contributed by atoms with van der Waals surface area (Å²) in [6.45, 7) is 8.21. The molecule has 0 aliphatic carbocycles. The molecule has 6 heteroatoms. The van der Waals surface area contributed by atoms with Crippen LogP contribution in [-0.4, -0.2) is 22.0 Å². The van der Waals surface area contributed by atoms with E-state index in [1.165, 1.54) is 5.56 Å². The van der Waals surface area contributed by atoms with Crippen LogP contribution in [-0.2, 0) is 16.0 Å². The minimum absolute atomic E-state index is 0.0653. The van der Waals surface area contributed by atoms with Crippen molar-refractivity contribution >= 4 is 23.1 Å². The van der Waals surface area contributed by atoms with Crippen LogP contribution in [0, 0.1) is 20.8 Å². The average molecular weight is 350 g/mol. The van der Waals surface area contributed by atoms with Crippen molar-refractivity contribution in [3.8, 4) is 0 Å². The lowest BCUT2D eigenvalue weighted by Crippen LogP contribution is -2.07. The van der Waals surface area contributed by atoms with Gasteiger partial charge in [0.15, 0.2) is 5.82 Å². The summed E-state index contributed by atoms with van der Waals surface area (Å²) in [6.07, 6.45) is 2.00. The molecular formula is C20H22N4O2. The number of benzene rings is 1. The molecule has 0 bridgehead atoms. The second-order valence-electron chi connectivity index (χ2n) is 6.27. The van der Waals surface area contributed by atoms with Crippen LogP contribution in [0.15, 0.2) is 46.8 Å². The fourth-order valence-corrected chi connectivity index (χ4v) is 2.65. The molecular weight excluding hydrogens is 328 g/mol. The van der Waals surface area contributed by atoms with Gasteiger partial charge in [-0.1, -0.05) is 12.1 Å². The van der Waals surface area contributed by atoms with E-state index in [1.807, 2.05) is 54.8 Å². The van der Waals surface area contributed by atoms with Crippen molar-refractivity contribution in [2.75, 3.05) is 6.61 Å². The molecule has 3 rings (SSSR count). The van der Waals surface area contributed by atoms with Gasteiger partial charge in [0.2, 0.25) is 0 Å². The first-order valence-corrected chi connectivity index (χ1v) is 8.60. The zero-order valence-corrected chi connectivity index (χ0v) is 15.5. The van der Waals surface area contributed by atoms with Crippen molar-refractivity contribution in [3.05, 3.63) is 58.9 Å². The molecule has 0 saturated heterocycles. The zero-order valence-electron chi connectivity index (χ0n) is 15.5. The molecule has 134 valence electrons. The summed E-state index contributed by atoms with van der Waals surface area (Å²) in [7, 11) is 0. The van der Waals surface area contributed by atoms with E-state index in [4.69, 9.17) is 4.74 Å². The standard InChI is InChI=1S/C20H22N4O2/c1-5-26-19(25)11-17-20(24-12-13(2)6-9-18(24)21-17)23-22-16-8-7-14(3)15(4)10-16/h6-10,12H,5,11H2,1-4H3. The van der Waals surface area contributed by atoms with Crippen LogP contribution in [0.2, 0.25) is 0 Å². The normalized spacial score (nSPS) is 11.4. The Morgan fingerprint density at radius 1 is 1.12 bits per heavy atom. The number of imidazole rings is 1. The number of fused-ring (bicyclic) bond motifs is 1. The van der Waals surface area contributed by atoms with Crippen LogP contribution < -0.4 is 0 Å². The van der Waals surface area contributed by atoms with Crippen molar-refractivity contribution in [1.29, 1.82) is 0 Å². The molecule has 0 fully saturated rings. The molecule has 2 heterocycles. The van der Waals surface area contributed by atoms with Crippen LogP contribution in [0.25, 0.3) is 5.65 Å². The van der Waals surface area contributed by atoms with Crippen LogP contribution in [0.1, 0.15) is 29.3 Å². The van der Waals surface area contributed by atoms with Gasteiger partial charge in [0.25, 0.3) is 0 Å². The molecule has 0 radical (unpaired) electrons. The van der Waals surface area contributed by atoms with Crippen molar-refractivity contribution < 1.29 is 9.53 Å². The zero-order chi connectivity index (χ0) is 18.7. The molecule has 0 spiro atoms. The third kappa shape index (κ3) is 3.79. The van der Waals surface area contributed by atoms with Crippen LogP contribution >= 0.6 is 0 Å². The molecule has 2 aromatic heterocycles. The van der Waals surface area contributed by atoms with Gasteiger partial charge in [-0.05, 0) is 62.6 Å². The topological polar surface area (TPSA) is 68.3 Å². The summed E-state index contributed by atoms with van der Waals surface area (Å²) < 4.78 is 6.91. The van der Waals surface area contributed by atoms with Crippen molar-refractivity contribution in [1.82, 2.24) is 9.38 Å². The number of aromatic nitrogens is 2. The fourth-order valence-electron chi connectivity index (χ4n) is 2.65.